The van der Waals surface area contributed by atoms with Crippen LogP contribution in [0.3, 0.4) is 0 Å². The van der Waals surface area contributed by atoms with Crippen molar-refractivity contribution in [2.45, 2.75) is 64.2 Å². The number of hydrogen-bond acceptors (Lipinski definition) is 3. The molecule has 2 nitrogen and oxygen atoms in total. The van der Waals surface area contributed by atoms with Crippen molar-refractivity contribution in [2.24, 2.45) is 5.41 Å². The molecular formula is C22H27NOS. The summed E-state index contributed by atoms with van der Waals surface area (Å²) in [5.74, 6) is 0.268. The molecule has 0 bridgehead atoms. The molecule has 1 aliphatic heterocycles. The van der Waals surface area contributed by atoms with E-state index in [9.17, 15) is 4.79 Å². The SMILES string of the molecule is CCN1/C(=C/C2=CC(=O)CC(C)(C)C2)Sc2c1ccc1c2CCCC1. The standard InChI is InChI=1S/C22H27NOS/c1-4-23-19-10-9-16-7-5-6-8-18(16)21(19)25-20(23)12-15-11-17(24)14-22(2,3)13-15/h9-12H,4-8,13-14H2,1-3H3/b20-12-. The molecule has 132 valence electrons. The molecule has 1 aromatic rings. The summed E-state index contributed by atoms with van der Waals surface area (Å²) in [4.78, 5) is 16.0. The van der Waals surface area contributed by atoms with Crippen molar-refractivity contribution in [3.63, 3.8) is 0 Å². The number of thioether (sulfide) groups is 1. The number of ketones is 1. The zero-order chi connectivity index (χ0) is 17.6. The second kappa shape index (κ2) is 6.35. The van der Waals surface area contributed by atoms with Crippen LogP contribution in [-0.4, -0.2) is 12.3 Å². The van der Waals surface area contributed by atoms with Gasteiger partial charge in [-0.05, 0) is 79.4 Å². The summed E-state index contributed by atoms with van der Waals surface area (Å²) < 4.78 is 0. The van der Waals surface area contributed by atoms with E-state index in [-0.39, 0.29) is 11.2 Å². The van der Waals surface area contributed by atoms with E-state index in [0.717, 1.165) is 13.0 Å². The predicted molar refractivity (Wildman–Crippen MR) is 106 cm³/mol. The number of hydrogen-bond donors (Lipinski definition) is 0. The van der Waals surface area contributed by atoms with Crippen LogP contribution in [0.5, 0.6) is 0 Å². The minimum atomic E-state index is 0.0740. The number of anilines is 1. The minimum absolute atomic E-state index is 0.0740. The van der Waals surface area contributed by atoms with E-state index in [0.29, 0.717) is 6.42 Å². The zero-order valence-electron chi connectivity index (χ0n) is 15.5. The van der Waals surface area contributed by atoms with Crippen LogP contribution in [-0.2, 0) is 17.6 Å². The maximum absolute atomic E-state index is 12.1. The molecule has 0 aromatic heterocycles. The monoisotopic (exact) mass is 353 g/mol. The van der Waals surface area contributed by atoms with Crippen LogP contribution >= 0.6 is 11.8 Å². The van der Waals surface area contributed by atoms with Crippen molar-refractivity contribution in [2.75, 3.05) is 11.4 Å². The lowest BCUT2D eigenvalue weighted by atomic mass is 9.77. The molecule has 0 spiro atoms. The first-order valence-electron chi connectivity index (χ1n) is 9.52. The van der Waals surface area contributed by atoms with Gasteiger partial charge in [-0.1, -0.05) is 31.7 Å². The first kappa shape index (κ1) is 17.0. The number of benzene rings is 1. The van der Waals surface area contributed by atoms with Gasteiger partial charge in [0.2, 0.25) is 0 Å². The number of carbonyl (C=O) groups is 1. The third kappa shape index (κ3) is 3.19. The second-order valence-electron chi connectivity index (χ2n) is 8.29. The van der Waals surface area contributed by atoms with E-state index in [2.05, 4.69) is 43.9 Å². The third-order valence-corrected chi connectivity index (χ3v) is 6.74. The molecule has 0 atom stereocenters. The molecule has 4 rings (SSSR count). The number of fused-ring (bicyclic) bond motifs is 3. The van der Waals surface area contributed by atoms with Gasteiger partial charge in [-0.3, -0.25) is 4.79 Å². The summed E-state index contributed by atoms with van der Waals surface area (Å²) in [6.07, 6.45) is 10.8. The first-order valence-corrected chi connectivity index (χ1v) is 10.3. The minimum Gasteiger partial charge on any atom is -0.335 e. The number of aryl methyl sites for hydroxylation is 1. The van der Waals surface area contributed by atoms with Gasteiger partial charge >= 0.3 is 0 Å². The lowest BCUT2D eigenvalue weighted by molar-refractivity contribution is -0.116. The predicted octanol–water partition coefficient (Wildman–Crippen LogP) is 5.65. The highest BCUT2D eigenvalue weighted by atomic mass is 32.2. The Balaban J connectivity index is 1.71. The van der Waals surface area contributed by atoms with Crippen LogP contribution in [0, 0.1) is 5.41 Å². The molecule has 0 radical (unpaired) electrons. The number of allylic oxidation sites excluding steroid dienone is 3. The summed E-state index contributed by atoms with van der Waals surface area (Å²) in [6.45, 7) is 7.57. The average Bonchev–Trinajstić information content (AvgIpc) is 2.90. The summed E-state index contributed by atoms with van der Waals surface area (Å²) in [7, 11) is 0. The van der Waals surface area contributed by atoms with E-state index in [1.54, 1.807) is 11.1 Å². The van der Waals surface area contributed by atoms with Gasteiger partial charge in [-0.2, -0.15) is 0 Å². The Bertz CT molecular complexity index is 787. The molecule has 0 saturated carbocycles. The van der Waals surface area contributed by atoms with Crippen molar-refractivity contribution in [1.82, 2.24) is 0 Å². The highest BCUT2D eigenvalue weighted by molar-refractivity contribution is 8.03. The van der Waals surface area contributed by atoms with Gasteiger partial charge in [-0.15, -0.1) is 0 Å². The maximum atomic E-state index is 12.1. The van der Waals surface area contributed by atoms with Crippen molar-refractivity contribution in [3.8, 4) is 0 Å². The van der Waals surface area contributed by atoms with Crippen molar-refractivity contribution in [3.05, 3.63) is 46.0 Å². The lowest BCUT2D eigenvalue weighted by Gasteiger charge is -2.28. The molecule has 0 N–H and O–H groups in total. The van der Waals surface area contributed by atoms with Crippen molar-refractivity contribution >= 4 is 23.2 Å². The Morgan fingerprint density at radius 3 is 2.76 bits per heavy atom. The molecule has 0 unspecified atom stereocenters. The summed E-state index contributed by atoms with van der Waals surface area (Å²) in [5, 5.41) is 1.29. The van der Waals surface area contributed by atoms with E-state index in [1.807, 2.05) is 17.8 Å². The molecular weight excluding hydrogens is 326 g/mol. The quantitative estimate of drug-likeness (QED) is 0.685. The third-order valence-electron chi connectivity index (χ3n) is 5.53. The average molecular weight is 354 g/mol. The van der Waals surface area contributed by atoms with Gasteiger partial charge < -0.3 is 4.90 Å². The van der Waals surface area contributed by atoms with Crippen LogP contribution in [0.25, 0.3) is 0 Å². The zero-order valence-corrected chi connectivity index (χ0v) is 16.3. The molecule has 3 aliphatic rings. The number of rotatable bonds is 2. The van der Waals surface area contributed by atoms with E-state index >= 15 is 0 Å². The van der Waals surface area contributed by atoms with Crippen molar-refractivity contribution < 1.29 is 4.79 Å². The number of carbonyl (C=O) groups excluding carboxylic acids is 1. The highest BCUT2D eigenvalue weighted by Gasteiger charge is 2.31. The fourth-order valence-electron chi connectivity index (χ4n) is 4.47. The van der Waals surface area contributed by atoms with E-state index in [1.165, 1.54) is 46.9 Å². The summed E-state index contributed by atoms with van der Waals surface area (Å²) >= 11 is 1.91. The topological polar surface area (TPSA) is 20.3 Å². The molecule has 3 heteroatoms. The Morgan fingerprint density at radius 1 is 1.20 bits per heavy atom. The van der Waals surface area contributed by atoms with E-state index < -0.39 is 0 Å². The van der Waals surface area contributed by atoms with Gasteiger partial charge in [0.1, 0.15) is 0 Å². The van der Waals surface area contributed by atoms with Crippen molar-refractivity contribution in [1.29, 1.82) is 0 Å². The molecule has 0 amide bonds. The van der Waals surface area contributed by atoms with Gasteiger partial charge in [0.25, 0.3) is 0 Å². The largest absolute Gasteiger partial charge is 0.335 e. The Kier molecular flexibility index (Phi) is 4.31. The van der Waals surface area contributed by atoms with Gasteiger partial charge in [0.05, 0.1) is 10.7 Å². The summed E-state index contributed by atoms with van der Waals surface area (Å²) in [5.41, 5.74) is 5.74. The Morgan fingerprint density at radius 2 is 2.00 bits per heavy atom. The first-order chi connectivity index (χ1) is 12.0. The Hall–Kier alpha value is -1.48. The van der Waals surface area contributed by atoms with Crippen LogP contribution in [0.4, 0.5) is 5.69 Å². The second-order valence-corrected chi connectivity index (χ2v) is 9.32. The molecule has 0 fully saturated rings. The lowest BCUT2D eigenvalue weighted by Crippen LogP contribution is -2.22. The van der Waals surface area contributed by atoms with Gasteiger partial charge in [0.15, 0.2) is 5.78 Å². The van der Waals surface area contributed by atoms with Crippen LogP contribution < -0.4 is 4.90 Å². The molecule has 25 heavy (non-hydrogen) atoms. The van der Waals surface area contributed by atoms with Gasteiger partial charge in [-0.25, -0.2) is 0 Å². The highest BCUT2D eigenvalue weighted by Crippen LogP contribution is 2.50. The molecule has 0 saturated heterocycles. The van der Waals surface area contributed by atoms with Gasteiger partial charge in [0, 0.05) is 17.9 Å². The normalized spacial score (nSPS) is 23.5. The van der Waals surface area contributed by atoms with Crippen LogP contribution in [0.15, 0.2) is 39.8 Å². The summed E-state index contributed by atoms with van der Waals surface area (Å²) in [6, 6.07) is 4.65. The Labute approximate surface area is 155 Å². The molecule has 2 aliphatic carbocycles. The fourth-order valence-corrected chi connectivity index (χ4v) is 5.86. The molecule has 1 heterocycles. The van der Waals surface area contributed by atoms with Crippen LogP contribution in [0.1, 0.15) is 57.6 Å². The maximum Gasteiger partial charge on any atom is 0.156 e. The smallest absolute Gasteiger partial charge is 0.156 e. The molecule has 1 aromatic carbocycles. The number of nitrogens with zero attached hydrogens (tertiary/aromatic N) is 1. The van der Waals surface area contributed by atoms with Crippen LogP contribution in [0.2, 0.25) is 0 Å². The van der Waals surface area contributed by atoms with E-state index in [4.69, 9.17) is 0 Å². The fraction of sp³-hybridized carbons (Fsp3) is 0.500.